The van der Waals surface area contributed by atoms with E-state index in [1.807, 2.05) is 0 Å². The molecule has 0 aromatic heterocycles. The van der Waals surface area contributed by atoms with Crippen LogP contribution < -0.4 is 13.6 Å². The van der Waals surface area contributed by atoms with E-state index in [0.29, 0.717) is 0 Å². The van der Waals surface area contributed by atoms with Crippen molar-refractivity contribution in [1.82, 2.24) is 0 Å². The Hall–Kier alpha value is -2.48. The van der Waals surface area contributed by atoms with Gasteiger partial charge in [0.2, 0.25) is 0 Å². The van der Waals surface area contributed by atoms with E-state index in [9.17, 15) is 0 Å². The summed E-state index contributed by atoms with van der Waals surface area (Å²) < 4.78 is 1.28. The second kappa shape index (κ2) is 9.61. The van der Waals surface area contributed by atoms with Crippen LogP contribution >= 0.6 is 17.0 Å². The number of benzene rings is 5. The maximum absolute atomic E-state index is 7.86. The second-order valence-electron chi connectivity index (χ2n) is 10.3. The summed E-state index contributed by atoms with van der Waals surface area (Å²) in [5, 5.41) is 2.96. The first-order valence-corrected chi connectivity index (χ1v) is 23.5. The third kappa shape index (κ3) is 3.89. The third-order valence-corrected chi connectivity index (χ3v) is 22.4. The van der Waals surface area contributed by atoms with Crippen LogP contribution in [0.4, 0.5) is 0 Å². The fourth-order valence-electron chi connectivity index (χ4n) is 6.44. The van der Waals surface area contributed by atoms with Crippen LogP contribution in [0.3, 0.4) is 0 Å². The molecule has 5 aromatic carbocycles. The molecule has 0 amide bonds. The molecule has 4 heteroatoms. The van der Waals surface area contributed by atoms with E-state index in [1.54, 1.807) is 0 Å². The summed E-state index contributed by atoms with van der Waals surface area (Å²) in [6, 6.07) is 41.5. The molecule has 0 fully saturated rings. The van der Waals surface area contributed by atoms with Crippen LogP contribution in [0.1, 0.15) is 25.9 Å². The topological polar surface area (TPSA) is 0 Å². The molecule has 0 saturated carbocycles. The number of allylic oxidation sites excluding steroid dienone is 1. The van der Waals surface area contributed by atoms with Gasteiger partial charge in [-0.25, -0.2) is 0 Å². The summed E-state index contributed by atoms with van der Waals surface area (Å²) in [4.78, 5) is 0. The van der Waals surface area contributed by atoms with Gasteiger partial charge >= 0.3 is 240 Å². The molecule has 184 valence electrons. The average molecular weight is 625 g/mol. The maximum atomic E-state index is 7.86. The van der Waals surface area contributed by atoms with Crippen molar-refractivity contribution in [3.05, 3.63) is 138 Å². The van der Waals surface area contributed by atoms with Gasteiger partial charge in [0, 0.05) is 0 Å². The van der Waals surface area contributed by atoms with Crippen LogP contribution in [0.15, 0.2) is 115 Å². The Morgan fingerprint density at radius 3 is 2.08 bits per heavy atom. The Balaban J connectivity index is 1.45. The summed E-state index contributed by atoms with van der Waals surface area (Å²) in [6.45, 7) is 2.21. The molecule has 5 aromatic rings. The van der Waals surface area contributed by atoms with Gasteiger partial charge in [-0.3, -0.25) is 0 Å². The van der Waals surface area contributed by atoms with Gasteiger partial charge in [-0.05, 0) is 0 Å². The van der Waals surface area contributed by atoms with E-state index in [1.165, 1.54) is 63.7 Å². The summed E-state index contributed by atoms with van der Waals surface area (Å²) in [5.41, 5.74) is 11.5. The van der Waals surface area contributed by atoms with Gasteiger partial charge < -0.3 is 0 Å². The van der Waals surface area contributed by atoms with Crippen molar-refractivity contribution in [3.8, 4) is 22.3 Å². The Labute approximate surface area is 238 Å². The summed E-state index contributed by atoms with van der Waals surface area (Å²) in [7, 11) is 15.1. The van der Waals surface area contributed by atoms with Gasteiger partial charge in [0.05, 0.1) is 0 Å². The van der Waals surface area contributed by atoms with Crippen LogP contribution in [0.2, 0.25) is 0 Å². The van der Waals surface area contributed by atoms with E-state index < -0.39 is 27.4 Å². The predicted octanol–water partition coefficient (Wildman–Crippen LogP) is 7.14. The van der Waals surface area contributed by atoms with Gasteiger partial charge in [0.15, 0.2) is 0 Å². The quantitative estimate of drug-likeness (QED) is 0.183. The zero-order valence-corrected chi connectivity index (χ0v) is 26.5. The molecular weight excluding hydrogens is 599 g/mol. The molecule has 38 heavy (non-hydrogen) atoms. The number of aryl methyl sites for hydroxylation is 1. The number of hydrogen-bond acceptors (Lipinski definition) is 0. The molecule has 1 unspecified atom stereocenters. The standard InChI is InChI=1S/C22H17.C12H9Si.2ClH.Zr/c1-16-12-13-19-14-20(17-8-4-2-5-9-17)15-21(19)22(16)18-10-6-3-7-11-18;1-3-7-11-9(5-1)10-6-2-4-8-12(10)13-11;;;/h2-15H,1H3;1-7H,13H2;2*1H;/q;;;;+2/p-2. The molecule has 1 aliphatic carbocycles. The first kappa shape index (κ1) is 24.6. The van der Waals surface area contributed by atoms with Crippen LogP contribution in [0.5, 0.6) is 0 Å². The van der Waals surface area contributed by atoms with Crippen molar-refractivity contribution in [2.24, 2.45) is 0 Å². The molecular formula is C34H26Cl2SiZr. The molecule has 0 saturated heterocycles. The average Bonchev–Trinajstić information content (AvgIpc) is 3.53. The fourth-order valence-corrected chi connectivity index (χ4v) is 22.9. The van der Waals surface area contributed by atoms with Gasteiger partial charge in [-0.15, -0.1) is 0 Å². The van der Waals surface area contributed by atoms with Crippen LogP contribution in [-0.4, -0.2) is 9.52 Å². The molecule has 2 aliphatic rings. The predicted molar refractivity (Wildman–Crippen MR) is 165 cm³/mol. The molecule has 0 spiro atoms. The van der Waals surface area contributed by atoms with E-state index in [-0.39, 0.29) is 3.63 Å². The summed E-state index contributed by atoms with van der Waals surface area (Å²) in [6.07, 6.45) is 2.39. The van der Waals surface area contributed by atoms with Crippen LogP contribution in [0, 0.1) is 6.92 Å². The molecule has 0 N–H and O–H groups in total. The first-order valence-electron chi connectivity index (χ1n) is 13.1. The normalized spacial score (nSPS) is 16.2. The monoisotopic (exact) mass is 622 g/mol. The number of fused-ring (bicyclic) bond motifs is 4. The molecule has 0 bridgehead atoms. The van der Waals surface area contributed by atoms with Crippen molar-refractivity contribution in [2.75, 3.05) is 0 Å². The SMILES string of the molecule is Cc1ccc2c(c1-c1ccccc1)C=C(c1ccccc1)[CH]2[Zr]([Cl])([Cl])[c]1cccc2c1[SiH2]c1ccccc1-2. The van der Waals surface area contributed by atoms with Crippen molar-refractivity contribution in [2.45, 2.75) is 10.5 Å². The molecule has 1 atom stereocenters. The van der Waals surface area contributed by atoms with Gasteiger partial charge in [0.1, 0.15) is 0 Å². The van der Waals surface area contributed by atoms with E-state index >= 15 is 0 Å². The summed E-state index contributed by atoms with van der Waals surface area (Å²) in [5.74, 6) is 0. The molecule has 1 aliphatic heterocycles. The minimum absolute atomic E-state index is 0.0114. The fraction of sp³-hybridized carbons (Fsp3) is 0.0588. The number of hydrogen-bond donors (Lipinski definition) is 0. The zero-order chi connectivity index (χ0) is 25.9. The van der Waals surface area contributed by atoms with Gasteiger partial charge in [-0.1, -0.05) is 0 Å². The van der Waals surface area contributed by atoms with Crippen molar-refractivity contribution in [3.63, 3.8) is 0 Å². The number of halogens is 2. The van der Waals surface area contributed by atoms with Gasteiger partial charge in [0.25, 0.3) is 0 Å². The second-order valence-corrected chi connectivity index (χ2v) is 26.1. The Morgan fingerprint density at radius 2 is 1.32 bits per heavy atom. The Morgan fingerprint density at radius 1 is 0.658 bits per heavy atom. The summed E-state index contributed by atoms with van der Waals surface area (Å²) >= 11 is -4.06. The van der Waals surface area contributed by atoms with Crippen molar-refractivity contribution < 1.29 is 17.9 Å². The number of rotatable bonds is 4. The zero-order valence-electron chi connectivity index (χ0n) is 21.1. The van der Waals surface area contributed by atoms with Crippen LogP contribution in [-0.2, 0) is 17.9 Å². The molecule has 0 nitrogen and oxygen atoms in total. The minimum atomic E-state index is -4.06. The third-order valence-electron chi connectivity index (χ3n) is 8.15. The first-order chi connectivity index (χ1) is 18.5. The Kier molecular flexibility index (Phi) is 6.21. The molecule has 1 heterocycles. The van der Waals surface area contributed by atoms with Crippen LogP contribution in [0.25, 0.3) is 33.9 Å². The molecule has 7 rings (SSSR count). The van der Waals surface area contributed by atoms with E-state index in [0.717, 1.165) is 0 Å². The van der Waals surface area contributed by atoms with E-state index in [2.05, 4.69) is 128 Å². The van der Waals surface area contributed by atoms with E-state index in [4.69, 9.17) is 17.0 Å². The van der Waals surface area contributed by atoms with Crippen molar-refractivity contribution in [1.29, 1.82) is 0 Å². The molecule has 0 radical (unpaired) electrons. The van der Waals surface area contributed by atoms with Gasteiger partial charge in [-0.2, -0.15) is 0 Å². The van der Waals surface area contributed by atoms with Crippen molar-refractivity contribution >= 4 is 51.8 Å². The Bertz CT molecular complexity index is 1730.